The molecule has 0 amide bonds. The highest BCUT2D eigenvalue weighted by Gasteiger charge is 2.41. The first-order valence-electron chi connectivity index (χ1n) is 14.7. The molecule has 3 heterocycles. The molecule has 10 rings (SSSR count). The number of hydrogen-bond donors (Lipinski definition) is 0. The van der Waals surface area contributed by atoms with Crippen LogP contribution in [-0.2, 0) is 0 Å². The van der Waals surface area contributed by atoms with Crippen LogP contribution in [0.4, 0.5) is 0 Å². The summed E-state index contributed by atoms with van der Waals surface area (Å²) in [6, 6.07) is 38.1. The van der Waals surface area contributed by atoms with Crippen molar-refractivity contribution in [2.45, 2.75) is 11.8 Å². The molecule has 3 aliphatic carbocycles. The van der Waals surface area contributed by atoms with E-state index in [2.05, 4.69) is 75.6 Å². The van der Waals surface area contributed by atoms with Gasteiger partial charge >= 0.3 is 0 Å². The summed E-state index contributed by atoms with van der Waals surface area (Å²) >= 11 is 0. The monoisotopic (exact) mass is 564 g/mol. The summed E-state index contributed by atoms with van der Waals surface area (Å²) < 4.78 is 0. The van der Waals surface area contributed by atoms with Gasteiger partial charge in [0.2, 0.25) is 0 Å². The molecule has 6 heteroatoms. The summed E-state index contributed by atoms with van der Waals surface area (Å²) in [5.41, 5.74) is 11.9. The van der Waals surface area contributed by atoms with Crippen LogP contribution >= 0.6 is 0 Å². The zero-order valence-corrected chi connectivity index (χ0v) is 23.5. The highest BCUT2D eigenvalue weighted by Crippen LogP contribution is 2.56. The minimum atomic E-state index is 0.113. The minimum absolute atomic E-state index is 0.113. The number of hydrogen-bond acceptors (Lipinski definition) is 6. The van der Waals surface area contributed by atoms with Crippen molar-refractivity contribution in [2.24, 2.45) is 0 Å². The van der Waals surface area contributed by atoms with E-state index in [1.165, 1.54) is 33.4 Å². The lowest BCUT2D eigenvalue weighted by Crippen LogP contribution is -2.27. The second kappa shape index (κ2) is 9.85. The molecule has 0 N–H and O–H groups in total. The van der Waals surface area contributed by atoms with Gasteiger partial charge in [-0.05, 0) is 63.7 Å². The molecule has 44 heavy (non-hydrogen) atoms. The minimum Gasteiger partial charge on any atom is -0.265 e. The molecular formula is C38H24N6. The van der Waals surface area contributed by atoms with Gasteiger partial charge in [0.05, 0.1) is 0 Å². The maximum atomic E-state index is 4.99. The first-order chi connectivity index (χ1) is 21.8. The predicted molar refractivity (Wildman–Crippen MR) is 170 cm³/mol. The standard InChI is InChI=1S/C38H24N6/c1-2-7-23(8-3-1)36-42-37(24-15-19-39-20-16-24)44-38(43-36)26-12-14-30-32(22-26)34-28-10-5-4-9-27(28)33(30)31-21-25(11-13-29(31)34)35-40-17-6-18-41-35/h1-22,33-34H. The van der Waals surface area contributed by atoms with Gasteiger partial charge in [0.25, 0.3) is 0 Å². The van der Waals surface area contributed by atoms with Crippen LogP contribution < -0.4 is 0 Å². The maximum Gasteiger partial charge on any atom is 0.164 e. The van der Waals surface area contributed by atoms with E-state index in [9.17, 15) is 0 Å². The Morgan fingerprint density at radius 2 is 0.818 bits per heavy atom. The van der Waals surface area contributed by atoms with E-state index in [4.69, 9.17) is 15.0 Å². The third-order valence-corrected chi connectivity index (χ3v) is 8.72. The Morgan fingerprint density at radius 3 is 1.41 bits per heavy atom. The number of benzene rings is 4. The average molecular weight is 565 g/mol. The quantitative estimate of drug-likeness (QED) is 0.218. The lowest BCUT2D eigenvalue weighted by atomic mass is 9.61. The lowest BCUT2D eigenvalue weighted by Gasteiger charge is -2.42. The summed E-state index contributed by atoms with van der Waals surface area (Å²) in [5.74, 6) is 2.91. The van der Waals surface area contributed by atoms with Crippen molar-refractivity contribution in [1.29, 1.82) is 0 Å². The van der Waals surface area contributed by atoms with Crippen LogP contribution in [0.3, 0.4) is 0 Å². The van der Waals surface area contributed by atoms with Crippen molar-refractivity contribution >= 4 is 0 Å². The molecule has 6 nitrogen and oxygen atoms in total. The van der Waals surface area contributed by atoms with Crippen LogP contribution in [0.15, 0.2) is 134 Å². The van der Waals surface area contributed by atoms with Crippen molar-refractivity contribution in [3.63, 3.8) is 0 Å². The van der Waals surface area contributed by atoms with Gasteiger partial charge in [-0.25, -0.2) is 24.9 Å². The number of rotatable bonds is 4. The molecule has 2 unspecified atom stereocenters. The van der Waals surface area contributed by atoms with E-state index < -0.39 is 0 Å². The smallest absolute Gasteiger partial charge is 0.164 e. The molecule has 0 fully saturated rings. The van der Waals surface area contributed by atoms with Gasteiger partial charge in [0, 0.05) is 58.9 Å². The van der Waals surface area contributed by atoms with Crippen LogP contribution in [0.25, 0.3) is 45.6 Å². The molecule has 2 atom stereocenters. The maximum absolute atomic E-state index is 4.99. The van der Waals surface area contributed by atoms with Gasteiger partial charge in [-0.15, -0.1) is 0 Å². The van der Waals surface area contributed by atoms with Crippen molar-refractivity contribution in [3.05, 3.63) is 167 Å². The fraction of sp³-hybridized carbons (Fsp3) is 0.0526. The average Bonchev–Trinajstić information content (AvgIpc) is 3.12. The summed E-state index contributed by atoms with van der Waals surface area (Å²) in [5, 5.41) is 0. The molecule has 3 aliphatic rings. The fourth-order valence-corrected chi connectivity index (χ4v) is 6.79. The van der Waals surface area contributed by atoms with E-state index in [1.807, 2.05) is 48.5 Å². The Labute approximate surface area is 254 Å². The van der Waals surface area contributed by atoms with Crippen LogP contribution in [0.1, 0.15) is 45.2 Å². The Hall–Kier alpha value is -5.88. The van der Waals surface area contributed by atoms with Crippen LogP contribution in [0.5, 0.6) is 0 Å². The van der Waals surface area contributed by atoms with Crippen molar-refractivity contribution < 1.29 is 0 Å². The number of aromatic nitrogens is 6. The zero-order valence-electron chi connectivity index (χ0n) is 23.5. The van der Waals surface area contributed by atoms with Crippen molar-refractivity contribution in [2.75, 3.05) is 0 Å². The molecule has 0 radical (unpaired) electrons. The third kappa shape index (κ3) is 3.88. The molecule has 206 valence electrons. The van der Waals surface area contributed by atoms with Crippen molar-refractivity contribution in [3.8, 4) is 45.6 Å². The largest absolute Gasteiger partial charge is 0.265 e. The van der Waals surface area contributed by atoms with Gasteiger partial charge < -0.3 is 0 Å². The second-order valence-electron chi connectivity index (χ2n) is 11.2. The molecule has 0 saturated carbocycles. The van der Waals surface area contributed by atoms with Crippen LogP contribution in [0, 0.1) is 0 Å². The van der Waals surface area contributed by atoms with E-state index in [1.54, 1.807) is 24.8 Å². The highest BCUT2D eigenvalue weighted by molar-refractivity contribution is 5.74. The zero-order chi connectivity index (χ0) is 29.0. The van der Waals surface area contributed by atoms with Crippen molar-refractivity contribution in [1.82, 2.24) is 29.9 Å². The van der Waals surface area contributed by atoms with Gasteiger partial charge in [0.15, 0.2) is 23.3 Å². The molecule has 0 spiro atoms. The topological polar surface area (TPSA) is 77.3 Å². The Balaban J connectivity index is 1.21. The summed E-state index contributed by atoms with van der Waals surface area (Å²) in [4.78, 5) is 28.0. The summed E-state index contributed by atoms with van der Waals surface area (Å²) in [6.45, 7) is 0. The van der Waals surface area contributed by atoms with E-state index in [-0.39, 0.29) is 11.8 Å². The van der Waals surface area contributed by atoms with E-state index in [0.717, 1.165) is 28.1 Å². The summed E-state index contributed by atoms with van der Waals surface area (Å²) in [6.07, 6.45) is 7.12. The molecule has 3 aromatic heterocycles. The Bertz CT molecular complexity index is 2120. The Morgan fingerprint density at radius 1 is 0.341 bits per heavy atom. The molecule has 4 aromatic carbocycles. The van der Waals surface area contributed by atoms with Gasteiger partial charge in [-0.3, -0.25) is 4.98 Å². The first-order valence-corrected chi connectivity index (χ1v) is 14.7. The molecule has 2 bridgehead atoms. The molecule has 0 aliphatic heterocycles. The Kier molecular flexibility index (Phi) is 5.53. The molecule has 0 saturated heterocycles. The van der Waals surface area contributed by atoms with Gasteiger partial charge in [-0.2, -0.15) is 0 Å². The predicted octanol–water partition coefficient (Wildman–Crippen LogP) is 7.71. The van der Waals surface area contributed by atoms with E-state index in [0.29, 0.717) is 17.5 Å². The van der Waals surface area contributed by atoms with Gasteiger partial charge in [0.1, 0.15) is 0 Å². The normalized spacial score (nSPS) is 15.7. The van der Waals surface area contributed by atoms with Crippen LogP contribution in [-0.4, -0.2) is 29.9 Å². The highest BCUT2D eigenvalue weighted by atomic mass is 15.0. The number of nitrogens with zero attached hydrogens (tertiary/aromatic N) is 6. The fourth-order valence-electron chi connectivity index (χ4n) is 6.79. The second-order valence-corrected chi connectivity index (χ2v) is 11.2. The summed E-state index contributed by atoms with van der Waals surface area (Å²) in [7, 11) is 0. The first kappa shape index (κ1) is 24.7. The molecular weight excluding hydrogens is 540 g/mol. The lowest BCUT2D eigenvalue weighted by molar-refractivity contribution is 0.754. The number of pyridine rings is 1. The molecule has 7 aromatic rings. The van der Waals surface area contributed by atoms with Gasteiger partial charge in [-0.1, -0.05) is 78.9 Å². The van der Waals surface area contributed by atoms with E-state index >= 15 is 0 Å². The van der Waals surface area contributed by atoms with Crippen LogP contribution in [0.2, 0.25) is 0 Å². The SMILES string of the molecule is c1ccc(-c2nc(-c3ccncc3)nc(-c3ccc4c(c3)C3c5ccccc5C4c4cc(-c5ncccn5)ccc43)n2)cc1. The third-order valence-electron chi connectivity index (χ3n) is 8.72.